The molecule has 0 aromatic heterocycles. The summed E-state index contributed by atoms with van der Waals surface area (Å²) in [6, 6.07) is 11.7. The molecule has 2 amide bonds. The Morgan fingerprint density at radius 3 is 2.05 bits per heavy atom. The van der Waals surface area contributed by atoms with Crippen LogP contribution in [0.4, 0.5) is 5.69 Å². The van der Waals surface area contributed by atoms with E-state index in [2.05, 4.69) is 15.9 Å². The summed E-state index contributed by atoms with van der Waals surface area (Å²) >= 11 is 9.19. The highest BCUT2D eigenvalue weighted by Crippen LogP contribution is 2.34. The van der Waals surface area contributed by atoms with Gasteiger partial charge in [0.25, 0.3) is 11.8 Å². The van der Waals surface area contributed by atoms with E-state index in [0.717, 1.165) is 4.90 Å². The van der Waals surface area contributed by atoms with Crippen molar-refractivity contribution in [3.63, 3.8) is 0 Å². The van der Waals surface area contributed by atoms with Gasteiger partial charge < -0.3 is 0 Å². The summed E-state index contributed by atoms with van der Waals surface area (Å²) in [6.07, 6.45) is 0. The topological polar surface area (TPSA) is 37.4 Å². The molecule has 0 aliphatic carbocycles. The Morgan fingerprint density at radius 2 is 1.53 bits per heavy atom. The fraction of sp³-hybridized carbons (Fsp3) is 0. The first-order valence-electron chi connectivity index (χ1n) is 5.52. The number of amides is 2. The number of hydrogen-bond donors (Lipinski definition) is 0. The molecule has 0 atom stereocenters. The van der Waals surface area contributed by atoms with Crippen molar-refractivity contribution in [3.05, 3.63) is 63.1 Å². The highest BCUT2D eigenvalue weighted by molar-refractivity contribution is 9.10. The number of rotatable bonds is 1. The van der Waals surface area contributed by atoms with E-state index in [1.54, 1.807) is 42.5 Å². The minimum absolute atomic E-state index is 0.316. The Balaban J connectivity index is 2.14. The molecule has 0 spiro atoms. The predicted octanol–water partition coefficient (Wildman–Crippen LogP) is 3.90. The minimum Gasteiger partial charge on any atom is -0.268 e. The van der Waals surface area contributed by atoms with Crippen LogP contribution in [0.25, 0.3) is 0 Å². The van der Waals surface area contributed by atoms with Gasteiger partial charge in [-0.15, -0.1) is 0 Å². The van der Waals surface area contributed by atoms with Gasteiger partial charge in [0.05, 0.1) is 16.8 Å². The average Bonchev–Trinajstić information content (AvgIpc) is 2.64. The van der Waals surface area contributed by atoms with Gasteiger partial charge in [-0.1, -0.05) is 23.7 Å². The van der Waals surface area contributed by atoms with Crippen molar-refractivity contribution in [2.24, 2.45) is 0 Å². The summed E-state index contributed by atoms with van der Waals surface area (Å²) < 4.78 is 0.606. The maximum atomic E-state index is 12.3. The Morgan fingerprint density at radius 1 is 0.947 bits per heavy atom. The molecule has 0 fully saturated rings. The van der Waals surface area contributed by atoms with Crippen LogP contribution in [-0.4, -0.2) is 11.8 Å². The SMILES string of the molecule is O=C1c2ccccc2C(=O)N1c1ccc(Cl)cc1Br. The molecule has 0 saturated carbocycles. The largest absolute Gasteiger partial charge is 0.268 e. The molecule has 2 aromatic rings. The molecule has 5 heteroatoms. The summed E-state index contributed by atoms with van der Waals surface area (Å²) in [4.78, 5) is 25.7. The molecule has 3 nitrogen and oxygen atoms in total. The zero-order chi connectivity index (χ0) is 13.6. The molecule has 1 aliphatic heterocycles. The number of imide groups is 1. The molecule has 0 radical (unpaired) electrons. The number of nitrogens with zero attached hydrogens (tertiary/aromatic N) is 1. The number of anilines is 1. The number of carbonyl (C=O) groups is 2. The van der Waals surface area contributed by atoms with Gasteiger partial charge in [0, 0.05) is 9.50 Å². The van der Waals surface area contributed by atoms with E-state index < -0.39 is 0 Å². The molecule has 94 valence electrons. The Bertz CT molecular complexity index is 679. The zero-order valence-electron chi connectivity index (χ0n) is 9.56. The lowest BCUT2D eigenvalue weighted by Gasteiger charge is -2.15. The van der Waals surface area contributed by atoms with Crippen LogP contribution in [-0.2, 0) is 0 Å². The summed E-state index contributed by atoms with van der Waals surface area (Å²) in [7, 11) is 0. The molecule has 0 N–H and O–H groups in total. The lowest BCUT2D eigenvalue weighted by atomic mass is 10.1. The molecule has 19 heavy (non-hydrogen) atoms. The summed E-state index contributed by atoms with van der Waals surface area (Å²) in [6.45, 7) is 0. The van der Waals surface area contributed by atoms with E-state index in [1.165, 1.54) is 0 Å². The molecule has 2 aromatic carbocycles. The Labute approximate surface area is 122 Å². The molecule has 1 heterocycles. The van der Waals surface area contributed by atoms with Crippen LogP contribution in [0.3, 0.4) is 0 Å². The first kappa shape index (κ1) is 12.4. The van der Waals surface area contributed by atoms with Gasteiger partial charge in [-0.25, -0.2) is 4.90 Å². The van der Waals surface area contributed by atoms with Gasteiger partial charge in [0.1, 0.15) is 0 Å². The maximum Gasteiger partial charge on any atom is 0.266 e. The van der Waals surface area contributed by atoms with Crippen molar-refractivity contribution in [1.82, 2.24) is 0 Å². The zero-order valence-corrected chi connectivity index (χ0v) is 11.9. The molecular weight excluding hydrogens is 330 g/mol. The van der Waals surface area contributed by atoms with E-state index in [4.69, 9.17) is 11.6 Å². The van der Waals surface area contributed by atoms with Crippen molar-refractivity contribution in [2.75, 3.05) is 4.90 Å². The van der Waals surface area contributed by atoms with E-state index >= 15 is 0 Å². The fourth-order valence-electron chi connectivity index (χ4n) is 2.07. The monoisotopic (exact) mass is 335 g/mol. The minimum atomic E-state index is -0.316. The lowest BCUT2D eigenvalue weighted by molar-refractivity contribution is 0.0926. The maximum absolute atomic E-state index is 12.3. The van der Waals surface area contributed by atoms with Gasteiger partial charge in [-0.05, 0) is 46.3 Å². The van der Waals surface area contributed by atoms with Crippen molar-refractivity contribution < 1.29 is 9.59 Å². The van der Waals surface area contributed by atoms with E-state index in [9.17, 15) is 9.59 Å². The van der Waals surface area contributed by atoms with Gasteiger partial charge in [0.2, 0.25) is 0 Å². The quantitative estimate of drug-likeness (QED) is 0.741. The summed E-state index contributed by atoms with van der Waals surface area (Å²) in [5.41, 5.74) is 1.35. The third-order valence-corrected chi connectivity index (χ3v) is 3.81. The summed E-state index contributed by atoms with van der Waals surface area (Å²) in [5.74, 6) is -0.632. The molecule has 0 saturated heterocycles. The van der Waals surface area contributed by atoms with Gasteiger partial charge >= 0.3 is 0 Å². The average molecular weight is 337 g/mol. The standard InChI is InChI=1S/C14H7BrClNO2/c15-11-7-8(16)5-6-12(11)17-13(18)9-3-1-2-4-10(9)14(17)19/h1-7H. The van der Waals surface area contributed by atoms with Crippen LogP contribution < -0.4 is 4.90 Å². The van der Waals surface area contributed by atoms with Crippen molar-refractivity contribution in [3.8, 4) is 0 Å². The number of halogens is 2. The van der Waals surface area contributed by atoms with E-state index in [0.29, 0.717) is 26.3 Å². The third-order valence-electron chi connectivity index (χ3n) is 2.94. The van der Waals surface area contributed by atoms with Crippen LogP contribution in [0.5, 0.6) is 0 Å². The van der Waals surface area contributed by atoms with Gasteiger partial charge in [-0.3, -0.25) is 9.59 Å². The van der Waals surface area contributed by atoms with Crippen molar-refractivity contribution in [1.29, 1.82) is 0 Å². The molecule has 0 unspecified atom stereocenters. The molecular formula is C14H7BrClNO2. The normalized spacial score (nSPS) is 13.9. The van der Waals surface area contributed by atoms with Gasteiger partial charge in [-0.2, -0.15) is 0 Å². The predicted molar refractivity (Wildman–Crippen MR) is 76.7 cm³/mol. The van der Waals surface area contributed by atoms with Crippen LogP contribution >= 0.6 is 27.5 Å². The lowest BCUT2D eigenvalue weighted by Crippen LogP contribution is -2.29. The number of fused-ring (bicyclic) bond motifs is 1. The second-order valence-corrected chi connectivity index (χ2v) is 5.38. The van der Waals surface area contributed by atoms with E-state index in [1.807, 2.05) is 0 Å². The third kappa shape index (κ3) is 1.88. The first-order chi connectivity index (χ1) is 9.09. The van der Waals surface area contributed by atoms with Crippen molar-refractivity contribution >= 4 is 45.0 Å². The fourth-order valence-corrected chi connectivity index (χ4v) is 2.93. The second kappa shape index (κ2) is 4.47. The number of carbonyl (C=O) groups excluding carboxylic acids is 2. The molecule has 0 bridgehead atoms. The Kier molecular flexibility index (Phi) is 2.92. The number of hydrogen-bond acceptors (Lipinski definition) is 2. The molecule has 3 rings (SSSR count). The van der Waals surface area contributed by atoms with Gasteiger partial charge in [0.15, 0.2) is 0 Å². The summed E-state index contributed by atoms with van der Waals surface area (Å²) in [5, 5.41) is 0.534. The Hall–Kier alpha value is -1.65. The highest BCUT2D eigenvalue weighted by atomic mass is 79.9. The van der Waals surface area contributed by atoms with Crippen LogP contribution in [0.15, 0.2) is 46.9 Å². The molecule has 1 aliphatic rings. The van der Waals surface area contributed by atoms with Crippen molar-refractivity contribution in [2.45, 2.75) is 0 Å². The smallest absolute Gasteiger partial charge is 0.266 e. The van der Waals surface area contributed by atoms with Crippen LogP contribution in [0.2, 0.25) is 5.02 Å². The second-order valence-electron chi connectivity index (χ2n) is 4.09. The highest BCUT2D eigenvalue weighted by Gasteiger charge is 2.37. The number of benzene rings is 2. The van der Waals surface area contributed by atoms with E-state index in [-0.39, 0.29) is 11.8 Å². The van der Waals surface area contributed by atoms with Crippen LogP contribution in [0.1, 0.15) is 20.7 Å². The van der Waals surface area contributed by atoms with Crippen LogP contribution in [0, 0.1) is 0 Å². The first-order valence-corrected chi connectivity index (χ1v) is 6.69.